The molecule has 2 heterocycles. The lowest BCUT2D eigenvalue weighted by molar-refractivity contribution is 0.101. The zero-order valence-corrected chi connectivity index (χ0v) is 16.1. The summed E-state index contributed by atoms with van der Waals surface area (Å²) in [6.07, 6.45) is 0. The standard InChI is InChI=1S/C19H22ClN5O/c1-5-24-17(11-16(23-24)12(2)3)19(26)21-18-10-13(4)22-25(18)15-8-6-14(20)7-9-15/h6-12H,5H2,1-4H3,(H,21,26). The first kappa shape index (κ1) is 18.2. The second kappa shape index (κ2) is 7.33. The van der Waals surface area contributed by atoms with Gasteiger partial charge in [0.05, 0.1) is 17.1 Å². The maximum Gasteiger partial charge on any atom is 0.275 e. The topological polar surface area (TPSA) is 64.7 Å². The first-order chi connectivity index (χ1) is 12.4. The average Bonchev–Trinajstić information content (AvgIpc) is 3.19. The number of halogens is 1. The fourth-order valence-corrected chi connectivity index (χ4v) is 2.82. The Labute approximate surface area is 157 Å². The van der Waals surface area contributed by atoms with Gasteiger partial charge in [0.1, 0.15) is 11.5 Å². The van der Waals surface area contributed by atoms with Gasteiger partial charge in [-0.1, -0.05) is 25.4 Å². The van der Waals surface area contributed by atoms with E-state index in [1.54, 1.807) is 21.5 Å². The van der Waals surface area contributed by atoms with E-state index in [0.717, 1.165) is 17.1 Å². The molecular weight excluding hydrogens is 350 g/mol. The average molecular weight is 372 g/mol. The Morgan fingerprint density at radius 1 is 1.19 bits per heavy atom. The van der Waals surface area contributed by atoms with Gasteiger partial charge in [-0.3, -0.25) is 9.48 Å². The second-order valence-corrected chi connectivity index (χ2v) is 6.87. The predicted molar refractivity (Wildman–Crippen MR) is 103 cm³/mol. The van der Waals surface area contributed by atoms with Crippen molar-refractivity contribution in [2.75, 3.05) is 5.32 Å². The molecule has 7 heteroatoms. The molecule has 0 spiro atoms. The van der Waals surface area contributed by atoms with E-state index in [1.807, 2.05) is 38.1 Å². The van der Waals surface area contributed by atoms with Gasteiger partial charge < -0.3 is 5.32 Å². The minimum absolute atomic E-state index is 0.207. The van der Waals surface area contributed by atoms with Crippen LogP contribution in [0.2, 0.25) is 5.02 Å². The fraction of sp³-hybridized carbons (Fsp3) is 0.316. The van der Waals surface area contributed by atoms with E-state index >= 15 is 0 Å². The molecule has 0 aliphatic rings. The summed E-state index contributed by atoms with van der Waals surface area (Å²) in [6, 6.07) is 11.0. The summed E-state index contributed by atoms with van der Waals surface area (Å²) in [6.45, 7) is 8.60. The van der Waals surface area contributed by atoms with E-state index in [1.165, 1.54) is 0 Å². The number of hydrogen-bond acceptors (Lipinski definition) is 3. The van der Waals surface area contributed by atoms with Crippen LogP contribution in [-0.2, 0) is 6.54 Å². The van der Waals surface area contributed by atoms with Crippen molar-refractivity contribution in [3.63, 3.8) is 0 Å². The molecule has 1 N–H and O–H groups in total. The summed E-state index contributed by atoms with van der Waals surface area (Å²) < 4.78 is 3.42. The number of anilines is 1. The molecule has 0 fully saturated rings. The van der Waals surface area contributed by atoms with Crippen molar-refractivity contribution < 1.29 is 4.79 Å². The largest absolute Gasteiger partial charge is 0.305 e. The van der Waals surface area contributed by atoms with E-state index in [9.17, 15) is 4.79 Å². The molecule has 3 aromatic rings. The van der Waals surface area contributed by atoms with Crippen LogP contribution >= 0.6 is 11.6 Å². The van der Waals surface area contributed by atoms with E-state index in [4.69, 9.17) is 11.6 Å². The van der Waals surface area contributed by atoms with E-state index in [-0.39, 0.29) is 11.8 Å². The molecule has 2 aromatic heterocycles. The molecule has 0 aliphatic heterocycles. The number of amides is 1. The lowest BCUT2D eigenvalue weighted by Gasteiger charge is -2.09. The third kappa shape index (κ3) is 3.65. The Morgan fingerprint density at radius 3 is 2.50 bits per heavy atom. The predicted octanol–water partition coefficient (Wildman–Crippen LogP) is 4.43. The van der Waals surface area contributed by atoms with Crippen LogP contribution in [-0.4, -0.2) is 25.5 Å². The molecule has 0 saturated carbocycles. The molecule has 0 bridgehead atoms. The number of benzene rings is 1. The monoisotopic (exact) mass is 371 g/mol. The third-order valence-electron chi connectivity index (χ3n) is 4.07. The van der Waals surface area contributed by atoms with Crippen LogP contribution in [0.4, 0.5) is 5.82 Å². The van der Waals surface area contributed by atoms with Gasteiger partial charge in [0.15, 0.2) is 0 Å². The van der Waals surface area contributed by atoms with Gasteiger partial charge in [0.25, 0.3) is 5.91 Å². The van der Waals surface area contributed by atoms with Crippen molar-refractivity contribution in [2.24, 2.45) is 0 Å². The van der Waals surface area contributed by atoms with Crippen molar-refractivity contribution in [3.8, 4) is 5.69 Å². The minimum atomic E-state index is -0.207. The highest BCUT2D eigenvalue weighted by atomic mass is 35.5. The molecule has 26 heavy (non-hydrogen) atoms. The van der Waals surface area contributed by atoms with Crippen molar-refractivity contribution in [3.05, 3.63) is 58.5 Å². The Hall–Kier alpha value is -2.60. The maximum atomic E-state index is 12.8. The minimum Gasteiger partial charge on any atom is -0.305 e. The van der Waals surface area contributed by atoms with Crippen LogP contribution < -0.4 is 5.32 Å². The normalized spacial score (nSPS) is 11.2. The second-order valence-electron chi connectivity index (χ2n) is 6.44. The summed E-state index contributed by atoms with van der Waals surface area (Å²) in [7, 11) is 0. The highest BCUT2D eigenvalue weighted by Crippen LogP contribution is 2.21. The van der Waals surface area contributed by atoms with Gasteiger partial charge in [0.2, 0.25) is 0 Å². The summed E-state index contributed by atoms with van der Waals surface area (Å²) in [4.78, 5) is 12.8. The van der Waals surface area contributed by atoms with Gasteiger partial charge in [-0.05, 0) is 50.1 Å². The van der Waals surface area contributed by atoms with Crippen LogP contribution in [0.15, 0.2) is 36.4 Å². The molecule has 0 aliphatic carbocycles. The lowest BCUT2D eigenvalue weighted by atomic mass is 10.1. The molecule has 0 unspecified atom stereocenters. The maximum absolute atomic E-state index is 12.8. The fourth-order valence-electron chi connectivity index (χ4n) is 2.69. The number of carbonyl (C=O) groups is 1. The summed E-state index contributed by atoms with van der Waals surface area (Å²) in [5, 5.41) is 12.6. The number of aryl methyl sites for hydroxylation is 2. The van der Waals surface area contributed by atoms with Crippen LogP contribution in [0.3, 0.4) is 0 Å². The SMILES string of the molecule is CCn1nc(C(C)C)cc1C(=O)Nc1cc(C)nn1-c1ccc(Cl)cc1. The van der Waals surface area contributed by atoms with Crippen LogP contribution in [0.25, 0.3) is 5.69 Å². The number of hydrogen-bond donors (Lipinski definition) is 1. The van der Waals surface area contributed by atoms with Crippen LogP contribution in [0.1, 0.15) is 48.6 Å². The molecule has 0 saturated heterocycles. The molecule has 3 rings (SSSR count). The number of nitrogens with one attached hydrogen (secondary N) is 1. The number of aromatic nitrogens is 4. The number of nitrogens with zero attached hydrogens (tertiary/aromatic N) is 4. The van der Waals surface area contributed by atoms with Crippen molar-refractivity contribution in [1.82, 2.24) is 19.6 Å². The van der Waals surface area contributed by atoms with Gasteiger partial charge >= 0.3 is 0 Å². The Bertz CT molecular complexity index is 924. The van der Waals surface area contributed by atoms with Crippen LogP contribution in [0.5, 0.6) is 0 Å². The van der Waals surface area contributed by atoms with Crippen molar-refractivity contribution >= 4 is 23.3 Å². The number of rotatable bonds is 5. The third-order valence-corrected chi connectivity index (χ3v) is 4.32. The summed E-state index contributed by atoms with van der Waals surface area (Å²) >= 11 is 5.96. The van der Waals surface area contributed by atoms with Crippen LogP contribution in [0, 0.1) is 6.92 Å². The molecule has 0 radical (unpaired) electrons. The lowest BCUT2D eigenvalue weighted by Crippen LogP contribution is -2.19. The highest BCUT2D eigenvalue weighted by Gasteiger charge is 2.18. The smallest absolute Gasteiger partial charge is 0.275 e. The van der Waals surface area contributed by atoms with E-state index in [2.05, 4.69) is 29.4 Å². The molecular formula is C19H22ClN5O. The molecule has 6 nitrogen and oxygen atoms in total. The number of carbonyl (C=O) groups excluding carboxylic acids is 1. The van der Waals surface area contributed by atoms with Crippen molar-refractivity contribution in [2.45, 2.75) is 40.2 Å². The van der Waals surface area contributed by atoms with Gasteiger partial charge in [0, 0.05) is 17.6 Å². The first-order valence-corrected chi connectivity index (χ1v) is 8.98. The first-order valence-electron chi connectivity index (χ1n) is 8.60. The Balaban J connectivity index is 1.92. The molecule has 1 amide bonds. The Kier molecular flexibility index (Phi) is 5.13. The molecule has 0 atom stereocenters. The Morgan fingerprint density at radius 2 is 1.88 bits per heavy atom. The highest BCUT2D eigenvalue weighted by molar-refractivity contribution is 6.30. The summed E-state index contributed by atoms with van der Waals surface area (Å²) in [5.41, 5.74) is 3.07. The van der Waals surface area contributed by atoms with Gasteiger partial charge in [-0.15, -0.1) is 0 Å². The zero-order chi connectivity index (χ0) is 18.8. The van der Waals surface area contributed by atoms with E-state index < -0.39 is 0 Å². The molecule has 1 aromatic carbocycles. The molecule has 136 valence electrons. The van der Waals surface area contributed by atoms with E-state index in [0.29, 0.717) is 23.1 Å². The van der Waals surface area contributed by atoms with Crippen molar-refractivity contribution in [1.29, 1.82) is 0 Å². The summed E-state index contributed by atoms with van der Waals surface area (Å²) in [5.74, 6) is 0.655. The zero-order valence-electron chi connectivity index (χ0n) is 15.3. The van der Waals surface area contributed by atoms with Gasteiger partial charge in [-0.25, -0.2) is 4.68 Å². The van der Waals surface area contributed by atoms with Gasteiger partial charge in [-0.2, -0.15) is 10.2 Å². The quantitative estimate of drug-likeness (QED) is 0.721.